The molecule has 8 heteroatoms. The monoisotopic (exact) mass is 396 g/mol. The third kappa shape index (κ3) is 6.01. The molecule has 0 aliphatic rings. The molecule has 0 unspecified atom stereocenters. The third-order valence-corrected chi connectivity index (χ3v) is 5.21. The fourth-order valence-electron chi connectivity index (χ4n) is 2.44. The highest BCUT2D eigenvalue weighted by Crippen LogP contribution is 2.19. The molecule has 0 radical (unpaired) electrons. The lowest BCUT2D eigenvalue weighted by atomic mass is 10.1. The van der Waals surface area contributed by atoms with Gasteiger partial charge in [0.15, 0.2) is 0 Å². The van der Waals surface area contributed by atoms with Gasteiger partial charge in [0.25, 0.3) is 0 Å². The Kier molecular flexibility index (Phi) is 7.02. The number of para-hydroxylation sites is 1. The van der Waals surface area contributed by atoms with E-state index in [9.17, 15) is 13.2 Å². The lowest BCUT2D eigenvalue weighted by molar-refractivity contribution is -0.116. The summed E-state index contributed by atoms with van der Waals surface area (Å²) in [6.07, 6.45) is 1.52. The summed E-state index contributed by atoms with van der Waals surface area (Å²) in [7, 11) is -1.98. The number of halogens is 1. The average molecular weight is 397 g/mol. The van der Waals surface area contributed by atoms with Crippen molar-refractivity contribution in [3.63, 3.8) is 0 Å². The molecule has 140 valence electrons. The van der Waals surface area contributed by atoms with Gasteiger partial charge in [-0.2, -0.15) is 4.31 Å². The van der Waals surface area contributed by atoms with Crippen LogP contribution >= 0.6 is 11.6 Å². The molecule has 6 nitrogen and oxygen atoms in total. The highest BCUT2D eigenvalue weighted by molar-refractivity contribution is 7.88. The molecule has 2 aromatic rings. The predicted molar refractivity (Wildman–Crippen MR) is 103 cm³/mol. The summed E-state index contributed by atoms with van der Waals surface area (Å²) in [5.74, 6) is 0.252. The van der Waals surface area contributed by atoms with Gasteiger partial charge in [-0.05, 0) is 36.2 Å². The number of sulfonamides is 1. The van der Waals surface area contributed by atoms with E-state index in [4.69, 9.17) is 16.3 Å². The molecule has 1 N–H and O–H groups in total. The Morgan fingerprint density at radius 1 is 1.19 bits per heavy atom. The summed E-state index contributed by atoms with van der Waals surface area (Å²) in [4.78, 5) is 12.2. The SMILES string of the molecule is COc1ccccc1CCN(CC(=O)Nc1cccc(Cl)c1)S(C)(=O)=O. The molecule has 0 aliphatic heterocycles. The summed E-state index contributed by atoms with van der Waals surface area (Å²) >= 11 is 5.88. The number of carbonyl (C=O) groups is 1. The minimum absolute atomic E-state index is 0.169. The smallest absolute Gasteiger partial charge is 0.239 e. The number of amides is 1. The maximum Gasteiger partial charge on any atom is 0.239 e. The van der Waals surface area contributed by atoms with E-state index in [0.717, 1.165) is 16.1 Å². The van der Waals surface area contributed by atoms with Gasteiger partial charge in [-0.15, -0.1) is 0 Å². The van der Waals surface area contributed by atoms with Gasteiger partial charge < -0.3 is 10.1 Å². The minimum atomic E-state index is -3.54. The van der Waals surface area contributed by atoms with Gasteiger partial charge in [0.05, 0.1) is 19.9 Å². The summed E-state index contributed by atoms with van der Waals surface area (Å²) in [5.41, 5.74) is 1.39. The lowest BCUT2D eigenvalue weighted by Gasteiger charge is -2.20. The van der Waals surface area contributed by atoms with Crippen LogP contribution in [0.3, 0.4) is 0 Å². The molecule has 2 rings (SSSR count). The van der Waals surface area contributed by atoms with Gasteiger partial charge in [0.1, 0.15) is 5.75 Å². The number of nitrogens with zero attached hydrogens (tertiary/aromatic N) is 1. The number of nitrogens with one attached hydrogen (secondary N) is 1. The molecule has 0 atom stereocenters. The van der Waals surface area contributed by atoms with Crippen LogP contribution in [0.5, 0.6) is 5.75 Å². The van der Waals surface area contributed by atoms with Crippen LogP contribution in [0.1, 0.15) is 5.56 Å². The number of methoxy groups -OCH3 is 1. The van der Waals surface area contributed by atoms with Crippen molar-refractivity contribution in [3.05, 3.63) is 59.1 Å². The Hall–Kier alpha value is -2.09. The van der Waals surface area contributed by atoms with Crippen molar-refractivity contribution in [1.29, 1.82) is 0 Å². The Balaban J connectivity index is 2.04. The van der Waals surface area contributed by atoms with E-state index in [1.165, 1.54) is 0 Å². The van der Waals surface area contributed by atoms with Crippen LogP contribution in [0.25, 0.3) is 0 Å². The Morgan fingerprint density at radius 2 is 1.92 bits per heavy atom. The molecule has 1 amide bonds. The number of rotatable bonds is 8. The van der Waals surface area contributed by atoms with E-state index < -0.39 is 15.9 Å². The molecule has 26 heavy (non-hydrogen) atoms. The second-order valence-electron chi connectivity index (χ2n) is 5.72. The quantitative estimate of drug-likeness (QED) is 0.744. The summed E-state index contributed by atoms with van der Waals surface area (Å²) in [5, 5.41) is 3.14. The largest absolute Gasteiger partial charge is 0.496 e. The fraction of sp³-hybridized carbons (Fsp3) is 0.278. The second kappa shape index (κ2) is 9.02. The Bertz CT molecular complexity index is 871. The fourth-order valence-corrected chi connectivity index (χ4v) is 3.41. The zero-order valence-electron chi connectivity index (χ0n) is 14.6. The lowest BCUT2D eigenvalue weighted by Crippen LogP contribution is -2.38. The van der Waals surface area contributed by atoms with Gasteiger partial charge >= 0.3 is 0 Å². The number of hydrogen-bond acceptors (Lipinski definition) is 4. The van der Waals surface area contributed by atoms with Crippen LogP contribution in [0.4, 0.5) is 5.69 Å². The van der Waals surface area contributed by atoms with Crippen molar-refractivity contribution in [3.8, 4) is 5.75 Å². The predicted octanol–water partition coefficient (Wildman–Crippen LogP) is 2.79. The van der Waals surface area contributed by atoms with Gasteiger partial charge in [-0.1, -0.05) is 35.9 Å². The van der Waals surface area contributed by atoms with Crippen LogP contribution in [0.2, 0.25) is 5.02 Å². The van der Waals surface area contributed by atoms with Crippen molar-refractivity contribution < 1.29 is 17.9 Å². The maximum absolute atomic E-state index is 12.2. The van der Waals surface area contributed by atoms with E-state index >= 15 is 0 Å². The highest BCUT2D eigenvalue weighted by atomic mass is 35.5. The normalized spacial score (nSPS) is 11.4. The summed E-state index contributed by atoms with van der Waals surface area (Å²) in [6, 6.07) is 14.0. The van der Waals surface area contributed by atoms with Crippen molar-refractivity contribution in [2.45, 2.75) is 6.42 Å². The van der Waals surface area contributed by atoms with Crippen molar-refractivity contribution >= 4 is 33.2 Å². The highest BCUT2D eigenvalue weighted by Gasteiger charge is 2.20. The van der Waals surface area contributed by atoms with Gasteiger partial charge in [0.2, 0.25) is 15.9 Å². The van der Waals surface area contributed by atoms with E-state index in [-0.39, 0.29) is 13.1 Å². The summed E-state index contributed by atoms with van der Waals surface area (Å²) < 4.78 is 30.5. The molecular weight excluding hydrogens is 376 g/mol. The molecule has 0 saturated carbocycles. The maximum atomic E-state index is 12.2. The number of anilines is 1. The molecule has 2 aromatic carbocycles. The molecule has 0 aliphatic carbocycles. The van der Waals surface area contributed by atoms with Crippen LogP contribution < -0.4 is 10.1 Å². The van der Waals surface area contributed by atoms with E-state index in [1.807, 2.05) is 24.3 Å². The van der Waals surface area contributed by atoms with E-state index in [0.29, 0.717) is 22.9 Å². The first-order valence-electron chi connectivity index (χ1n) is 7.92. The van der Waals surface area contributed by atoms with Crippen LogP contribution in [0.15, 0.2) is 48.5 Å². The first-order chi connectivity index (χ1) is 12.3. The van der Waals surface area contributed by atoms with E-state index in [1.54, 1.807) is 31.4 Å². The Morgan fingerprint density at radius 3 is 2.58 bits per heavy atom. The molecule has 0 aromatic heterocycles. The average Bonchev–Trinajstić information content (AvgIpc) is 2.57. The topological polar surface area (TPSA) is 75.7 Å². The summed E-state index contributed by atoms with van der Waals surface area (Å²) in [6.45, 7) is -0.108. The number of carbonyl (C=O) groups excluding carboxylic acids is 1. The second-order valence-corrected chi connectivity index (χ2v) is 8.14. The van der Waals surface area contributed by atoms with E-state index in [2.05, 4.69) is 5.32 Å². The first kappa shape index (κ1) is 20.2. The molecule has 0 spiro atoms. The minimum Gasteiger partial charge on any atom is -0.496 e. The molecule has 0 saturated heterocycles. The molecule has 0 heterocycles. The van der Waals surface area contributed by atoms with Crippen molar-refractivity contribution in [2.24, 2.45) is 0 Å². The third-order valence-electron chi connectivity index (χ3n) is 3.72. The zero-order chi connectivity index (χ0) is 19.2. The Labute approximate surface area is 158 Å². The van der Waals surface area contributed by atoms with Crippen molar-refractivity contribution in [2.75, 3.05) is 31.8 Å². The van der Waals surface area contributed by atoms with Crippen LogP contribution in [0, 0.1) is 0 Å². The van der Waals surface area contributed by atoms with Gasteiger partial charge in [-0.3, -0.25) is 4.79 Å². The number of ether oxygens (including phenoxy) is 1. The molecule has 0 fully saturated rings. The number of benzene rings is 2. The molecular formula is C18H21ClN2O4S. The van der Waals surface area contributed by atoms with Crippen LogP contribution in [-0.2, 0) is 21.2 Å². The van der Waals surface area contributed by atoms with Gasteiger partial charge in [0, 0.05) is 17.3 Å². The zero-order valence-corrected chi connectivity index (χ0v) is 16.2. The number of hydrogen-bond donors (Lipinski definition) is 1. The van der Waals surface area contributed by atoms with Gasteiger partial charge in [-0.25, -0.2) is 8.42 Å². The molecule has 0 bridgehead atoms. The van der Waals surface area contributed by atoms with Crippen molar-refractivity contribution in [1.82, 2.24) is 4.31 Å². The first-order valence-corrected chi connectivity index (χ1v) is 10.1. The standard InChI is InChI=1S/C18H21ClN2O4S/c1-25-17-9-4-3-6-14(17)10-11-21(26(2,23)24)13-18(22)20-16-8-5-7-15(19)12-16/h3-9,12H,10-11,13H2,1-2H3,(H,20,22). The van der Waals surface area contributed by atoms with Crippen LogP contribution in [-0.4, -0.2) is 45.1 Å².